The molecule has 0 radical (unpaired) electrons. The molecule has 1 saturated carbocycles. The second-order valence-corrected chi connectivity index (χ2v) is 8.10. The van der Waals surface area contributed by atoms with Gasteiger partial charge in [-0.15, -0.1) is 19.7 Å². The summed E-state index contributed by atoms with van der Waals surface area (Å²) in [6.07, 6.45) is 0.871. The van der Waals surface area contributed by atoms with E-state index in [2.05, 4.69) is 19.7 Å². The summed E-state index contributed by atoms with van der Waals surface area (Å²) in [5, 5.41) is 0. The van der Waals surface area contributed by atoms with Gasteiger partial charge in [0.25, 0.3) is 0 Å². The summed E-state index contributed by atoms with van der Waals surface area (Å²) in [5.74, 6) is -0.264. The molecule has 2 aromatic rings. The highest BCUT2D eigenvalue weighted by atomic mass is 16.6. The Kier molecular flexibility index (Phi) is 11.1. The number of Topliss-reactive ketones (excluding diaryl/α,β-unsaturated/α-hetero) is 1. The van der Waals surface area contributed by atoms with Crippen molar-refractivity contribution in [3.8, 4) is 0 Å². The summed E-state index contributed by atoms with van der Waals surface area (Å²) in [6.45, 7) is 12.3. The van der Waals surface area contributed by atoms with Crippen molar-refractivity contribution in [2.24, 2.45) is 0 Å². The van der Waals surface area contributed by atoms with Crippen LogP contribution in [0.1, 0.15) is 11.1 Å². The maximum absolute atomic E-state index is 13.6. The number of benzene rings is 2. The predicted molar refractivity (Wildman–Crippen MR) is 135 cm³/mol. The number of carbonyl (C=O) groups is 1. The number of carbonyl (C=O) groups excluding carboxylic acids is 1. The Morgan fingerprint density at radius 2 is 0.971 bits per heavy atom. The van der Waals surface area contributed by atoms with Gasteiger partial charge < -0.3 is 23.7 Å². The predicted octanol–water partition coefficient (Wildman–Crippen LogP) is 4.45. The third-order valence-electron chi connectivity index (χ3n) is 5.57. The van der Waals surface area contributed by atoms with Crippen LogP contribution < -0.4 is 0 Å². The third-order valence-corrected chi connectivity index (χ3v) is 5.57. The lowest BCUT2D eigenvalue weighted by molar-refractivity contribution is -0.229. The van der Waals surface area contributed by atoms with E-state index in [9.17, 15) is 4.79 Å². The average molecular weight is 479 g/mol. The van der Waals surface area contributed by atoms with Gasteiger partial charge in [0.15, 0.2) is 5.78 Å². The van der Waals surface area contributed by atoms with Crippen LogP contribution >= 0.6 is 0 Å². The molecule has 6 nitrogen and oxygen atoms in total. The van der Waals surface area contributed by atoms with Gasteiger partial charge in [-0.3, -0.25) is 4.79 Å². The molecule has 1 aliphatic carbocycles. The molecule has 0 unspecified atom stereocenters. The molecule has 0 N–H and O–H groups in total. The van der Waals surface area contributed by atoms with Crippen molar-refractivity contribution in [1.29, 1.82) is 0 Å². The number of rotatable bonds is 15. The second kappa shape index (κ2) is 14.5. The molecule has 0 amide bonds. The molecule has 0 saturated heterocycles. The maximum Gasteiger partial charge on any atom is 0.195 e. The first-order valence-electron chi connectivity index (χ1n) is 11.7. The van der Waals surface area contributed by atoms with E-state index in [0.29, 0.717) is 6.61 Å². The SMILES string of the molecule is C=CCO[C@@H]1[C@@H](OCc2ccccc2)[C@@H](OCc2ccccc2)[C@@H](OCC=C)C(=O)[C@H]1OCC=C. The Morgan fingerprint density at radius 1 is 0.571 bits per heavy atom. The van der Waals surface area contributed by atoms with E-state index in [1.165, 1.54) is 0 Å². The number of ether oxygens (including phenoxy) is 5. The lowest BCUT2D eigenvalue weighted by Gasteiger charge is -2.44. The summed E-state index contributed by atoms with van der Waals surface area (Å²) in [4.78, 5) is 13.6. The van der Waals surface area contributed by atoms with Crippen LogP contribution in [0.5, 0.6) is 0 Å². The largest absolute Gasteiger partial charge is 0.368 e. The zero-order valence-electron chi connectivity index (χ0n) is 20.0. The van der Waals surface area contributed by atoms with Crippen molar-refractivity contribution in [1.82, 2.24) is 0 Å². The van der Waals surface area contributed by atoms with Crippen molar-refractivity contribution >= 4 is 5.78 Å². The molecule has 0 heterocycles. The fourth-order valence-corrected chi connectivity index (χ4v) is 3.98. The summed E-state index contributed by atoms with van der Waals surface area (Å²) in [5.41, 5.74) is 1.96. The Hall–Kier alpha value is -2.87. The molecule has 0 aromatic heterocycles. The van der Waals surface area contributed by atoms with Gasteiger partial charge >= 0.3 is 0 Å². The molecule has 1 fully saturated rings. The monoisotopic (exact) mass is 478 g/mol. The van der Waals surface area contributed by atoms with Crippen LogP contribution in [-0.4, -0.2) is 56.1 Å². The van der Waals surface area contributed by atoms with Crippen LogP contribution in [0.4, 0.5) is 0 Å². The standard InChI is InChI=1S/C29H34O6/c1-4-17-31-25-24(30)26(32-18-5-2)28(34-20-22-13-9-7-10-14-22)29(27(25)33-19-6-3)35-21-23-15-11-8-12-16-23/h4-16,25-29H,1-3,17-21H2/t25-,26+,27+,28+,29-/m1/s1. The van der Waals surface area contributed by atoms with Crippen LogP contribution in [0.3, 0.4) is 0 Å². The molecule has 5 atom stereocenters. The van der Waals surface area contributed by atoms with Crippen LogP contribution in [0.2, 0.25) is 0 Å². The van der Waals surface area contributed by atoms with Crippen molar-refractivity contribution in [2.45, 2.75) is 43.7 Å². The van der Waals surface area contributed by atoms with Gasteiger partial charge in [-0.1, -0.05) is 78.9 Å². The maximum atomic E-state index is 13.6. The fraction of sp³-hybridized carbons (Fsp3) is 0.345. The summed E-state index contributed by atoms with van der Waals surface area (Å²) >= 11 is 0. The van der Waals surface area contributed by atoms with E-state index in [4.69, 9.17) is 23.7 Å². The zero-order chi connectivity index (χ0) is 24.9. The zero-order valence-corrected chi connectivity index (χ0v) is 20.0. The van der Waals surface area contributed by atoms with Crippen molar-refractivity contribution < 1.29 is 28.5 Å². The third kappa shape index (κ3) is 7.56. The fourth-order valence-electron chi connectivity index (χ4n) is 3.98. The highest BCUT2D eigenvalue weighted by Gasteiger charge is 2.53. The smallest absolute Gasteiger partial charge is 0.195 e. The quantitative estimate of drug-likeness (QED) is 0.353. The Balaban J connectivity index is 1.94. The van der Waals surface area contributed by atoms with Gasteiger partial charge in [0.05, 0.1) is 33.0 Å². The minimum atomic E-state index is -0.920. The molecular formula is C29H34O6. The van der Waals surface area contributed by atoms with Gasteiger partial charge in [0.1, 0.15) is 30.5 Å². The van der Waals surface area contributed by atoms with E-state index in [0.717, 1.165) is 11.1 Å². The Labute approximate surface area is 207 Å². The second-order valence-electron chi connectivity index (χ2n) is 8.10. The minimum absolute atomic E-state index is 0.180. The molecule has 0 spiro atoms. The van der Waals surface area contributed by atoms with Crippen LogP contribution in [0.15, 0.2) is 98.6 Å². The topological polar surface area (TPSA) is 63.2 Å². The van der Waals surface area contributed by atoms with Gasteiger partial charge in [0, 0.05) is 0 Å². The average Bonchev–Trinajstić information content (AvgIpc) is 2.90. The molecular weight excluding hydrogens is 444 g/mol. The summed E-state index contributed by atoms with van der Waals surface area (Å²) in [7, 11) is 0. The molecule has 35 heavy (non-hydrogen) atoms. The van der Waals surface area contributed by atoms with E-state index in [1.54, 1.807) is 18.2 Å². The van der Waals surface area contributed by atoms with Gasteiger partial charge in [-0.2, -0.15) is 0 Å². The van der Waals surface area contributed by atoms with E-state index >= 15 is 0 Å². The lowest BCUT2D eigenvalue weighted by Crippen LogP contribution is -2.65. The number of hydrogen-bond donors (Lipinski definition) is 0. The van der Waals surface area contributed by atoms with E-state index < -0.39 is 30.5 Å². The first-order valence-corrected chi connectivity index (χ1v) is 11.7. The molecule has 6 heteroatoms. The highest BCUT2D eigenvalue weighted by molar-refractivity contribution is 5.90. The molecule has 2 aromatic carbocycles. The lowest BCUT2D eigenvalue weighted by atomic mass is 9.85. The number of ketones is 1. The molecule has 0 aliphatic heterocycles. The van der Waals surface area contributed by atoms with Crippen LogP contribution in [-0.2, 0) is 41.7 Å². The summed E-state index contributed by atoms with van der Waals surface area (Å²) in [6, 6.07) is 19.5. The van der Waals surface area contributed by atoms with E-state index in [1.807, 2.05) is 60.7 Å². The molecule has 3 rings (SSSR count). The first kappa shape index (κ1) is 26.7. The normalized spacial score (nSPS) is 24.1. The highest BCUT2D eigenvalue weighted by Crippen LogP contribution is 2.31. The Bertz CT molecular complexity index is 929. The van der Waals surface area contributed by atoms with Gasteiger partial charge in [-0.05, 0) is 11.1 Å². The molecule has 186 valence electrons. The number of hydrogen-bond acceptors (Lipinski definition) is 6. The van der Waals surface area contributed by atoms with Crippen LogP contribution in [0.25, 0.3) is 0 Å². The minimum Gasteiger partial charge on any atom is -0.368 e. The van der Waals surface area contributed by atoms with Gasteiger partial charge in [-0.25, -0.2) is 0 Å². The Morgan fingerprint density at radius 3 is 1.43 bits per heavy atom. The van der Waals surface area contributed by atoms with Crippen molar-refractivity contribution in [3.63, 3.8) is 0 Å². The van der Waals surface area contributed by atoms with Crippen molar-refractivity contribution in [3.05, 3.63) is 110 Å². The molecule has 0 bridgehead atoms. The van der Waals surface area contributed by atoms with Crippen molar-refractivity contribution in [2.75, 3.05) is 19.8 Å². The molecule has 1 aliphatic rings. The van der Waals surface area contributed by atoms with E-state index in [-0.39, 0.29) is 32.2 Å². The van der Waals surface area contributed by atoms with Gasteiger partial charge in [0.2, 0.25) is 0 Å². The first-order chi connectivity index (χ1) is 17.2. The van der Waals surface area contributed by atoms with Crippen LogP contribution in [0, 0.1) is 0 Å². The summed E-state index contributed by atoms with van der Waals surface area (Å²) < 4.78 is 30.6.